The maximum Gasteiger partial charge on any atom is 0.410 e. The second-order valence-electron chi connectivity index (χ2n) is 6.08. The predicted octanol–water partition coefficient (Wildman–Crippen LogP) is 3.00. The number of piperidine rings is 1. The maximum atomic E-state index is 12.1. The number of likely N-dealkylation sites (tertiary alicyclic amines) is 1. The van der Waals surface area contributed by atoms with Crippen molar-refractivity contribution in [2.45, 2.75) is 65.5 Å². The number of hydrogen-bond donors (Lipinski definition) is 0. The maximum absolute atomic E-state index is 12.1. The van der Waals surface area contributed by atoms with Crippen molar-refractivity contribution < 1.29 is 14.3 Å². The van der Waals surface area contributed by atoms with Gasteiger partial charge in [-0.15, -0.1) is 0 Å². The quantitative estimate of drug-likeness (QED) is 0.762. The molecule has 0 aromatic carbocycles. The first-order chi connectivity index (χ1) is 8.24. The Morgan fingerprint density at radius 2 is 1.89 bits per heavy atom. The number of nitrogens with zero attached hydrogens (tertiary/aromatic N) is 1. The zero-order valence-corrected chi connectivity index (χ0v) is 12.2. The Morgan fingerprint density at radius 1 is 1.28 bits per heavy atom. The lowest BCUT2D eigenvalue weighted by atomic mass is 9.89. The summed E-state index contributed by atoms with van der Waals surface area (Å²) in [6.07, 6.45) is 1.99. The molecule has 18 heavy (non-hydrogen) atoms. The lowest BCUT2D eigenvalue weighted by Gasteiger charge is -2.38. The molecular formula is C14H25NO3. The van der Waals surface area contributed by atoms with Gasteiger partial charge in [0.05, 0.1) is 0 Å². The third-order valence-corrected chi connectivity index (χ3v) is 3.31. The van der Waals surface area contributed by atoms with Gasteiger partial charge in [-0.25, -0.2) is 4.79 Å². The number of carbonyl (C=O) groups excluding carboxylic acids is 2. The van der Waals surface area contributed by atoms with Gasteiger partial charge in [-0.1, -0.05) is 6.92 Å². The van der Waals surface area contributed by atoms with Crippen LogP contribution in [0.4, 0.5) is 4.79 Å². The van der Waals surface area contributed by atoms with Crippen molar-refractivity contribution in [2.75, 3.05) is 6.54 Å². The van der Waals surface area contributed by atoms with Gasteiger partial charge < -0.3 is 9.64 Å². The summed E-state index contributed by atoms with van der Waals surface area (Å²) in [7, 11) is 0. The van der Waals surface area contributed by atoms with E-state index in [4.69, 9.17) is 4.74 Å². The highest BCUT2D eigenvalue weighted by Crippen LogP contribution is 2.25. The third kappa shape index (κ3) is 4.00. The highest BCUT2D eigenvalue weighted by Gasteiger charge is 2.34. The molecule has 2 atom stereocenters. The SMILES string of the molecule is CCC(=O)C1CCC(C)N(C(=O)OC(C)(C)C)C1. The zero-order valence-electron chi connectivity index (χ0n) is 12.2. The van der Waals surface area contributed by atoms with E-state index in [1.807, 2.05) is 34.6 Å². The van der Waals surface area contributed by atoms with E-state index in [2.05, 4.69) is 0 Å². The van der Waals surface area contributed by atoms with Crippen molar-refractivity contribution in [3.63, 3.8) is 0 Å². The van der Waals surface area contributed by atoms with Crippen LogP contribution in [0, 0.1) is 5.92 Å². The van der Waals surface area contributed by atoms with Gasteiger partial charge in [0.2, 0.25) is 0 Å². The van der Waals surface area contributed by atoms with Crippen LogP contribution in [0.15, 0.2) is 0 Å². The molecule has 2 unspecified atom stereocenters. The fourth-order valence-electron chi connectivity index (χ4n) is 2.23. The summed E-state index contributed by atoms with van der Waals surface area (Å²) in [4.78, 5) is 25.5. The molecule has 0 radical (unpaired) electrons. The minimum absolute atomic E-state index is 0.0151. The monoisotopic (exact) mass is 255 g/mol. The molecule has 4 nitrogen and oxygen atoms in total. The lowest BCUT2D eigenvalue weighted by molar-refractivity contribution is -0.124. The van der Waals surface area contributed by atoms with Crippen molar-refractivity contribution >= 4 is 11.9 Å². The summed E-state index contributed by atoms with van der Waals surface area (Å²) in [5.41, 5.74) is -0.488. The van der Waals surface area contributed by atoms with Crippen LogP contribution in [0.25, 0.3) is 0 Å². The highest BCUT2D eigenvalue weighted by molar-refractivity contribution is 5.81. The standard InChI is InChI=1S/C14H25NO3/c1-6-12(16)11-8-7-10(2)15(9-11)13(17)18-14(3,4)5/h10-11H,6-9H2,1-5H3. The molecular weight excluding hydrogens is 230 g/mol. The van der Waals surface area contributed by atoms with E-state index in [0.29, 0.717) is 13.0 Å². The topological polar surface area (TPSA) is 46.6 Å². The largest absolute Gasteiger partial charge is 0.444 e. The number of Topliss-reactive ketones (excluding diaryl/α,β-unsaturated/α-hetero) is 1. The van der Waals surface area contributed by atoms with Crippen LogP contribution in [-0.2, 0) is 9.53 Å². The molecule has 104 valence electrons. The van der Waals surface area contributed by atoms with E-state index in [9.17, 15) is 9.59 Å². The van der Waals surface area contributed by atoms with Crippen molar-refractivity contribution in [1.29, 1.82) is 0 Å². The number of hydrogen-bond acceptors (Lipinski definition) is 3. The summed E-state index contributed by atoms with van der Waals surface area (Å²) in [5.74, 6) is 0.231. The lowest BCUT2D eigenvalue weighted by Crippen LogP contribution is -2.49. The summed E-state index contributed by atoms with van der Waals surface area (Å²) in [5, 5.41) is 0. The Kier molecular flexibility index (Phi) is 4.77. The van der Waals surface area contributed by atoms with Crippen LogP contribution in [0.5, 0.6) is 0 Å². The number of ether oxygens (including phenoxy) is 1. The van der Waals surface area contributed by atoms with Crippen molar-refractivity contribution in [3.05, 3.63) is 0 Å². The molecule has 1 saturated heterocycles. The Balaban J connectivity index is 2.67. The van der Waals surface area contributed by atoms with Crippen LogP contribution < -0.4 is 0 Å². The Bertz CT molecular complexity index is 319. The van der Waals surface area contributed by atoms with Crippen LogP contribution >= 0.6 is 0 Å². The van der Waals surface area contributed by atoms with E-state index in [1.165, 1.54) is 0 Å². The molecule has 1 amide bonds. The molecule has 1 aliphatic rings. The summed E-state index contributed by atoms with van der Waals surface area (Å²) in [6, 6.07) is 0.153. The van der Waals surface area contributed by atoms with Crippen molar-refractivity contribution in [3.8, 4) is 0 Å². The van der Waals surface area contributed by atoms with Gasteiger partial charge in [-0.05, 0) is 40.5 Å². The Morgan fingerprint density at radius 3 is 2.39 bits per heavy atom. The molecule has 0 saturated carbocycles. The Hall–Kier alpha value is -1.06. The summed E-state index contributed by atoms with van der Waals surface area (Å²) >= 11 is 0. The molecule has 4 heteroatoms. The van der Waals surface area contributed by atoms with Gasteiger partial charge in [0, 0.05) is 24.9 Å². The van der Waals surface area contributed by atoms with Crippen molar-refractivity contribution in [1.82, 2.24) is 4.90 Å². The van der Waals surface area contributed by atoms with Gasteiger partial charge in [-0.2, -0.15) is 0 Å². The number of amides is 1. The molecule has 1 heterocycles. The van der Waals surface area contributed by atoms with Crippen LogP contribution in [0.2, 0.25) is 0 Å². The molecule has 1 rings (SSSR count). The van der Waals surface area contributed by atoms with Crippen LogP contribution in [0.1, 0.15) is 53.9 Å². The van der Waals surface area contributed by atoms with Gasteiger partial charge >= 0.3 is 6.09 Å². The number of ketones is 1. The van der Waals surface area contributed by atoms with Gasteiger partial charge in [0.15, 0.2) is 0 Å². The smallest absolute Gasteiger partial charge is 0.410 e. The minimum Gasteiger partial charge on any atom is -0.444 e. The normalized spacial score (nSPS) is 24.8. The summed E-state index contributed by atoms with van der Waals surface area (Å²) in [6.45, 7) is 9.95. The average Bonchev–Trinajstić information content (AvgIpc) is 2.26. The van der Waals surface area contributed by atoms with Gasteiger partial charge in [-0.3, -0.25) is 4.79 Å². The zero-order chi connectivity index (χ0) is 13.9. The van der Waals surface area contributed by atoms with E-state index >= 15 is 0 Å². The third-order valence-electron chi connectivity index (χ3n) is 3.31. The fourth-order valence-corrected chi connectivity index (χ4v) is 2.23. The molecule has 0 aromatic heterocycles. The second-order valence-corrected chi connectivity index (χ2v) is 6.08. The first-order valence-electron chi connectivity index (χ1n) is 6.77. The van der Waals surface area contributed by atoms with Crippen LogP contribution in [0.3, 0.4) is 0 Å². The molecule has 1 fully saturated rings. The van der Waals surface area contributed by atoms with E-state index in [0.717, 1.165) is 12.8 Å². The molecule has 0 aromatic rings. The Labute approximate surface area is 110 Å². The van der Waals surface area contributed by atoms with E-state index in [1.54, 1.807) is 4.90 Å². The molecule has 0 N–H and O–H groups in total. The highest BCUT2D eigenvalue weighted by atomic mass is 16.6. The van der Waals surface area contributed by atoms with E-state index in [-0.39, 0.29) is 23.8 Å². The van der Waals surface area contributed by atoms with Gasteiger partial charge in [0.1, 0.15) is 11.4 Å². The second kappa shape index (κ2) is 5.72. The van der Waals surface area contributed by atoms with Crippen LogP contribution in [-0.4, -0.2) is 35.0 Å². The molecule has 1 aliphatic heterocycles. The number of carbonyl (C=O) groups is 2. The molecule has 0 bridgehead atoms. The summed E-state index contributed by atoms with van der Waals surface area (Å²) < 4.78 is 5.39. The van der Waals surface area contributed by atoms with Gasteiger partial charge in [0.25, 0.3) is 0 Å². The molecule has 0 aliphatic carbocycles. The molecule has 0 spiro atoms. The minimum atomic E-state index is -0.488. The first-order valence-corrected chi connectivity index (χ1v) is 6.77. The number of rotatable bonds is 2. The van der Waals surface area contributed by atoms with E-state index < -0.39 is 5.60 Å². The predicted molar refractivity (Wildman–Crippen MR) is 70.4 cm³/mol. The average molecular weight is 255 g/mol. The first kappa shape index (κ1) is 15.0. The van der Waals surface area contributed by atoms with Crippen molar-refractivity contribution in [2.24, 2.45) is 5.92 Å². The fraction of sp³-hybridized carbons (Fsp3) is 0.857.